The van der Waals surface area contributed by atoms with Crippen molar-refractivity contribution in [2.24, 2.45) is 0 Å². The number of aryl methyl sites for hydroxylation is 1. The summed E-state index contributed by atoms with van der Waals surface area (Å²) in [7, 11) is 0. The van der Waals surface area contributed by atoms with Gasteiger partial charge in [-0.3, -0.25) is 15.0 Å². The first-order valence-corrected chi connectivity index (χ1v) is 6.65. The van der Waals surface area contributed by atoms with Crippen LogP contribution in [-0.4, -0.2) is 50.8 Å². The lowest BCUT2D eigenvalue weighted by Crippen LogP contribution is -2.47. The lowest BCUT2D eigenvalue weighted by Gasteiger charge is -2.36. The Bertz CT molecular complexity index is 461. The summed E-state index contributed by atoms with van der Waals surface area (Å²) in [5.74, 6) is 0.286. The molecule has 0 spiro atoms. The van der Waals surface area contributed by atoms with E-state index in [9.17, 15) is 9.90 Å². The molecule has 2 aliphatic heterocycles. The third-order valence-electron chi connectivity index (χ3n) is 3.96. The molecular formula is C12H18N4O3. The molecule has 2 fully saturated rings. The summed E-state index contributed by atoms with van der Waals surface area (Å²) in [6.45, 7) is 2.00. The maximum absolute atomic E-state index is 11.9. The van der Waals surface area contributed by atoms with E-state index in [2.05, 4.69) is 20.4 Å². The zero-order chi connectivity index (χ0) is 13.4. The second kappa shape index (κ2) is 4.90. The predicted molar refractivity (Wildman–Crippen MR) is 66.4 cm³/mol. The second-order valence-corrected chi connectivity index (χ2v) is 5.36. The average molecular weight is 266 g/mol. The van der Waals surface area contributed by atoms with Crippen molar-refractivity contribution in [1.29, 1.82) is 0 Å². The van der Waals surface area contributed by atoms with Crippen molar-refractivity contribution >= 4 is 11.9 Å². The SMILES string of the molecule is Cc1nnc(NC(=O)CN2C3CCC2CC(O)C3)o1. The Balaban J connectivity index is 1.58. The minimum absolute atomic E-state index is 0.142. The van der Waals surface area contributed by atoms with Crippen LogP contribution in [0.2, 0.25) is 0 Å². The van der Waals surface area contributed by atoms with E-state index in [0.717, 1.165) is 25.7 Å². The lowest BCUT2D eigenvalue weighted by atomic mass is 10.00. The summed E-state index contributed by atoms with van der Waals surface area (Å²) < 4.78 is 5.12. The fourth-order valence-corrected chi connectivity index (χ4v) is 3.18. The zero-order valence-corrected chi connectivity index (χ0v) is 10.9. The lowest BCUT2D eigenvalue weighted by molar-refractivity contribution is -0.119. The van der Waals surface area contributed by atoms with Crippen LogP contribution >= 0.6 is 0 Å². The van der Waals surface area contributed by atoms with Crippen LogP contribution in [0, 0.1) is 6.92 Å². The molecule has 2 saturated heterocycles. The number of aliphatic hydroxyl groups excluding tert-OH is 1. The topological polar surface area (TPSA) is 91.5 Å². The number of hydrogen-bond acceptors (Lipinski definition) is 6. The molecule has 1 aromatic heterocycles. The third kappa shape index (κ3) is 2.62. The maximum Gasteiger partial charge on any atom is 0.322 e. The summed E-state index contributed by atoms with van der Waals surface area (Å²) >= 11 is 0. The second-order valence-electron chi connectivity index (χ2n) is 5.36. The van der Waals surface area contributed by atoms with E-state index in [1.54, 1.807) is 6.92 Å². The maximum atomic E-state index is 11.9. The number of hydrogen-bond donors (Lipinski definition) is 2. The number of fused-ring (bicyclic) bond motifs is 2. The standard InChI is InChI=1S/C12H18N4O3/c1-7-14-15-12(19-7)13-11(18)6-16-8-2-3-9(16)5-10(17)4-8/h8-10,17H,2-6H2,1H3,(H,13,15,18). The van der Waals surface area contributed by atoms with Crippen molar-refractivity contribution in [2.75, 3.05) is 11.9 Å². The van der Waals surface area contributed by atoms with Crippen LogP contribution in [0.4, 0.5) is 6.01 Å². The average Bonchev–Trinajstić information content (AvgIpc) is 2.83. The number of piperidine rings is 1. The summed E-state index contributed by atoms with van der Waals surface area (Å²) in [5.41, 5.74) is 0. The van der Waals surface area contributed by atoms with Crippen molar-refractivity contribution < 1.29 is 14.3 Å². The van der Waals surface area contributed by atoms with Gasteiger partial charge in [0.05, 0.1) is 12.6 Å². The Labute approximate surface area is 111 Å². The number of nitrogens with zero attached hydrogens (tertiary/aromatic N) is 3. The molecule has 3 heterocycles. The van der Waals surface area contributed by atoms with E-state index in [1.165, 1.54) is 0 Å². The molecule has 1 amide bonds. The van der Waals surface area contributed by atoms with Crippen LogP contribution < -0.4 is 5.32 Å². The van der Waals surface area contributed by atoms with Gasteiger partial charge in [-0.2, -0.15) is 0 Å². The summed E-state index contributed by atoms with van der Waals surface area (Å²) in [6.07, 6.45) is 3.45. The Morgan fingerprint density at radius 2 is 2.11 bits per heavy atom. The predicted octanol–water partition coefficient (Wildman–Crippen LogP) is 0.304. The molecule has 0 aromatic carbocycles. The molecule has 2 unspecified atom stereocenters. The van der Waals surface area contributed by atoms with Gasteiger partial charge in [0.1, 0.15) is 0 Å². The number of rotatable bonds is 3. The van der Waals surface area contributed by atoms with Gasteiger partial charge < -0.3 is 9.52 Å². The van der Waals surface area contributed by atoms with Crippen LogP contribution in [0.3, 0.4) is 0 Å². The molecule has 0 radical (unpaired) electrons. The monoisotopic (exact) mass is 266 g/mol. The van der Waals surface area contributed by atoms with Crippen LogP contribution in [0.15, 0.2) is 4.42 Å². The smallest absolute Gasteiger partial charge is 0.322 e. The van der Waals surface area contributed by atoms with E-state index in [1.807, 2.05) is 0 Å². The molecule has 0 saturated carbocycles. The number of aliphatic hydroxyl groups is 1. The Kier molecular flexibility index (Phi) is 3.24. The number of carbonyl (C=O) groups is 1. The Morgan fingerprint density at radius 1 is 1.42 bits per heavy atom. The Morgan fingerprint density at radius 3 is 2.68 bits per heavy atom. The molecule has 1 aromatic rings. The zero-order valence-electron chi connectivity index (χ0n) is 10.9. The number of carbonyl (C=O) groups excluding carboxylic acids is 1. The highest BCUT2D eigenvalue weighted by Crippen LogP contribution is 2.35. The van der Waals surface area contributed by atoms with E-state index in [4.69, 9.17) is 4.42 Å². The van der Waals surface area contributed by atoms with Gasteiger partial charge in [-0.25, -0.2) is 0 Å². The molecule has 0 aliphatic carbocycles. The van der Waals surface area contributed by atoms with Gasteiger partial charge >= 0.3 is 6.01 Å². The molecule has 2 aliphatic rings. The largest absolute Gasteiger partial charge is 0.408 e. The van der Waals surface area contributed by atoms with Gasteiger partial charge in [0, 0.05) is 19.0 Å². The first-order valence-electron chi connectivity index (χ1n) is 6.65. The number of nitrogens with one attached hydrogen (secondary N) is 1. The summed E-state index contributed by atoms with van der Waals surface area (Å²) in [5, 5.41) is 19.7. The normalized spacial score (nSPS) is 30.5. The molecule has 7 heteroatoms. The fraction of sp³-hybridized carbons (Fsp3) is 0.750. The quantitative estimate of drug-likeness (QED) is 0.818. The van der Waals surface area contributed by atoms with E-state index in [-0.39, 0.29) is 18.0 Å². The van der Waals surface area contributed by atoms with Gasteiger partial charge in [0.15, 0.2) is 0 Å². The summed E-state index contributed by atoms with van der Waals surface area (Å²) in [4.78, 5) is 14.1. The first-order chi connectivity index (χ1) is 9.11. The Hall–Kier alpha value is -1.47. The van der Waals surface area contributed by atoms with Crippen LogP contribution in [0.5, 0.6) is 0 Å². The highest BCUT2D eigenvalue weighted by Gasteiger charge is 2.40. The number of aromatic nitrogens is 2. The van der Waals surface area contributed by atoms with Gasteiger partial charge in [0.2, 0.25) is 11.8 Å². The minimum Gasteiger partial charge on any atom is -0.408 e. The van der Waals surface area contributed by atoms with Crippen LogP contribution in [-0.2, 0) is 4.79 Å². The number of anilines is 1. The highest BCUT2D eigenvalue weighted by molar-refractivity contribution is 5.90. The van der Waals surface area contributed by atoms with Gasteiger partial charge in [-0.05, 0) is 25.7 Å². The molecule has 104 valence electrons. The van der Waals surface area contributed by atoms with E-state index < -0.39 is 0 Å². The fourth-order valence-electron chi connectivity index (χ4n) is 3.18. The van der Waals surface area contributed by atoms with E-state index in [0.29, 0.717) is 24.5 Å². The van der Waals surface area contributed by atoms with Crippen LogP contribution in [0.25, 0.3) is 0 Å². The highest BCUT2D eigenvalue weighted by atomic mass is 16.4. The summed E-state index contributed by atoms with van der Waals surface area (Å²) in [6, 6.07) is 0.791. The van der Waals surface area contributed by atoms with Crippen molar-refractivity contribution in [2.45, 2.75) is 50.8 Å². The van der Waals surface area contributed by atoms with E-state index >= 15 is 0 Å². The van der Waals surface area contributed by atoms with Gasteiger partial charge in [0.25, 0.3) is 0 Å². The molecule has 2 N–H and O–H groups in total. The molecule has 2 bridgehead atoms. The number of amides is 1. The molecule has 2 atom stereocenters. The first kappa shape index (κ1) is 12.6. The van der Waals surface area contributed by atoms with Crippen molar-refractivity contribution in [3.63, 3.8) is 0 Å². The van der Waals surface area contributed by atoms with Crippen molar-refractivity contribution in [1.82, 2.24) is 15.1 Å². The molecular weight excluding hydrogens is 248 g/mol. The van der Waals surface area contributed by atoms with Crippen molar-refractivity contribution in [3.8, 4) is 0 Å². The molecule has 7 nitrogen and oxygen atoms in total. The van der Waals surface area contributed by atoms with Crippen molar-refractivity contribution in [3.05, 3.63) is 5.89 Å². The minimum atomic E-state index is -0.213. The molecule has 3 rings (SSSR count). The third-order valence-corrected chi connectivity index (χ3v) is 3.96. The molecule has 19 heavy (non-hydrogen) atoms. The van der Waals surface area contributed by atoms with Gasteiger partial charge in [-0.1, -0.05) is 5.10 Å². The van der Waals surface area contributed by atoms with Gasteiger partial charge in [-0.15, -0.1) is 5.10 Å². The van der Waals surface area contributed by atoms with Crippen LogP contribution in [0.1, 0.15) is 31.6 Å².